The predicted molar refractivity (Wildman–Crippen MR) is 89.3 cm³/mol. The summed E-state index contributed by atoms with van der Waals surface area (Å²) in [6.07, 6.45) is 1.49. The van der Waals surface area contributed by atoms with E-state index in [4.69, 9.17) is 4.74 Å². The lowest BCUT2D eigenvalue weighted by atomic mass is 9.81. The van der Waals surface area contributed by atoms with E-state index in [2.05, 4.69) is 13.0 Å². The van der Waals surface area contributed by atoms with Crippen molar-refractivity contribution in [3.63, 3.8) is 0 Å². The Kier molecular flexibility index (Phi) is 3.12. The van der Waals surface area contributed by atoms with Gasteiger partial charge in [-0.15, -0.1) is 0 Å². The zero-order valence-corrected chi connectivity index (χ0v) is 13.3. The van der Waals surface area contributed by atoms with Gasteiger partial charge in [-0.1, -0.05) is 37.3 Å². The number of fused-ring (bicyclic) bond motifs is 4. The molecule has 1 atom stereocenters. The molecule has 1 aliphatic heterocycles. The summed E-state index contributed by atoms with van der Waals surface area (Å²) in [5.74, 6) is 0.235. The first kappa shape index (κ1) is 14.2. The molecule has 116 valence electrons. The molecule has 2 aromatic carbocycles. The summed E-state index contributed by atoms with van der Waals surface area (Å²) in [6, 6.07) is 9.79. The van der Waals surface area contributed by atoms with Gasteiger partial charge in [-0.25, -0.2) is 0 Å². The number of rotatable bonds is 0. The average Bonchev–Trinajstić information content (AvgIpc) is 2.74. The Labute approximate surface area is 134 Å². The maximum atomic E-state index is 12.8. The van der Waals surface area contributed by atoms with Crippen molar-refractivity contribution < 1.29 is 14.3 Å². The fourth-order valence-corrected chi connectivity index (χ4v) is 3.61. The molecule has 0 radical (unpaired) electrons. The number of hydrogen-bond acceptors (Lipinski definition) is 3. The molecule has 0 aromatic heterocycles. The van der Waals surface area contributed by atoms with Gasteiger partial charge in [0.15, 0.2) is 0 Å². The van der Waals surface area contributed by atoms with Crippen molar-refractivity contribution in [3.05, 3.63) is 52.6 Å². The Bertz CT molecular complexity index is 889. The van der Waals surface area contributed by atoms with Crippen LogP contribution in [0.2, 0.25) is 0 Å². The third-order valence-corrected chi connectivity index (χ3v) is 4.85. The van der Waals surface area contributed by atoms with E-state index in [-0.39, 0.29) is 0 Å². The van der Waals surface area contributed by atoms with Crippen LogP contribution >= 0.6 is 0 Å². The number of allylic oxidation sites excluding steroid dienone is 1. The Morgan fingerprint density at radius 3 is 2.70 bits per heavy atom. The Balaban J connectivity index is 2.07. The van der Waals surface area contributed by atoms with Gasteiger partial charge in [0.2, 0.25) is 11.6 Å². The van der Waals surface area contributed by atoms with Gasteiger partial charge in [-0.3, -0.25) is 9.59 Å². The zero-order chi connectivity index (χ0) is 16.1. The number of carbonyl (C=O) groups excluding carboxylic acids is 2. The van der Waals surface area contributed by atoms with Gasteiger partial charge in [0.05, 0.1) is 6.61 Å². The minimum absolute atomic E-state index is 0.382. The van der Waals surface area contributed by atoms with E-state index in [0.29, 0.717) is 35.8 Å². The molecule has 23 heavy (non-hydrogen) atoms. The number of ketones is 2. The van der Waals surface area contributed by atoms with Crippen molar-refractivity contribution >= 4 is 28.1 Å². The zero-order valence-electron chi connectivity index (χ0n) is 13.3. The molecule has 0 bridgehead atoms. The van der Waals surface area contributed by atoms with Gasteiger partial charge in [-0.05, 0) is 42.0 Å². The summed E-state index contributed by atoms with van der Waals surface area (Å²) in [7, 11) is 0. The first-order valence-corrected chi connectivity index (χ1v) is 8.05. The highest BCUT2D eigenvalue weighted by atomic mass is 16.5. The molecular weight excluding hydrogens is 288 g/mol. The van der Waals surface area contributed by atoms with E-state index in [1.165, 1.54) is 0 Å². The number of aryl methyl sites for hydroxylation is 1. The fraction of sp³-hybridized carbons (Fsp3) is 0.300. The average molecular weight is 306 g/mol. The molecule has 0 spiro atoms. The van der Waals surface area contributed by atoms with Crippen molar-refractivity contribution in [2.45, 2.75) is 26.7 Å². The quantitative estimate of drug-likeness (QED) is 0.689. The molecular formula is C20H18O3. The van der Waals surface area contributed by atoms with Crippen LogP contribution in [-0.2, 0) is 9.53 Å². The van der Waals surface area contributed by atoms with Crippen LogP contribution in [0, 0.1) is 12.8 Å². The molecule has 1 heterocycles. The second-order valence-electron chi connectivity index (χ2n) is 6.59. The number of hydrogen-bond donors (Lipinski definition) is 0. The summed E-state index contributed by atoms with van der Waals surface area (Å²) in [6.45, 7) is 4.68. The highest BCUT2D eigenvalue weighted by Gasteiger charge is 2.37. The highest BCUT2D eigenvalue weighted by Crippen LogP contribution is 2.40. The molecule has 2 aliphatic rings. The topological polar surface area (TPSA) is 43.4 Å². The van der Waals surface area contributed by atoms with E-state index < -0.39 is 11.6 Å². The minimum Gasteiger partial charge on any atom is -0.492 e. The van der Waals surface area contributed by atoms with Crippen molar-refractivity contribution in [3.8, 4) is 0 Å². The normalized spacial score (nSPS) is 20.9. The maximum absolute atomic E-state index is 12.8. The number of Topliss-reactive ketones (excluding diaryl/α,β-unsaturated/α-hetero) is 2. The van der Waals surface area contributed by atoms with Crippen molar-refractivity contribution in [2.24, 2.45) is 5.92 Å². The van der Waals surface area contributed by atoms with Crippen LogP contribution in [0.25, 0.3) is 16.5 Å². The number of benzene rings is 2. The lowest BCUT2D eigenvalue weighted by Crippen LogP contribution is -2.25. The third-order valence-electron chi connectivity index (χ3n) is 4.85. The standard InChI is InChI=1S/C20H18O3/c1-11-7-8-15-18(21)19(22)17-14-6-4-3-5-13(14)9-12(2)16(17)20(15)23-10-11/h3-6,9,11H,7-8,10H2,1-2H3. The molecule has 2 aromatic rings. The van der Waals surface area contributed by atoms with E-state index in [0.717, 1.165) is 28.3 Å². The van der Waals surface area contributed by atoms with Crippen molar-refractivity contribution in [2.75, 3.05) is 6.61 Å². The SMILES string of the molecule is Cc1cc2ccccc2c2c1C1=C(CCC(C)CO1)C(=O)C2=O. The lowest BCUT2D eigenvalue weighted by molar-refractivity contribution is -0.112. The largest absolute Gasteiger partial charge is 0.492 e. The second-order valence-corrected chi connectivity index (χ2v) is 6.59. The van der Waals surface area contributed by atoms with Gasteiger partial charge < -0.3 is 4.74 Å². The van der Waals surface area contributed by atoms with Crippen LogP contribution in [0.5, 0.6) is 0 Å². The Morgan fingerprint density at radius 1 is 1.09 bits per heavy atom. The second kappa shape index (κ2) is 5.05. The molecule has 3 nitrogen and oxygen atoms in total. The van der Waals surface area contributed by atoms with Crippen LogP contribution in [0.4, 0.5) is 0 Å². The molecule has 3 heteroatoms. The molecule has 0 amide bonds. The van der Waals surface area contributed by atoms with Crippen molar-refractivity contribution in [1.29, 1.82) is 0 Å². The van der Waals surface area contributed by atoms with Gasteiger partial charge >= 0.3 is 0 Å². The molecule has 1 unspecified atom stereocenters. The third kappa shape index (κ3) is 2.03. The predicted octanol–water partition coefficient (Wildman–Crippen LogP) is 4.07. The van der Waals surface area contributed by atoms with Crippen LogP contribution in [-0.4, -0.2) is 18.2 Å². The molecule has 0 saturated heterocycles. The van der Waals surface area contributed by atoms with Crippen LogP contribution in [0.1, 0.15) is 41.3 Å². The summed E-state index contributed by atoms with van der Waals surface area (Å²) in [4.78, 5) is 25.4. The first-order valence-electron chi connectivity index (χ1n) is 8.05. The molecule has 0 N–H and O–H groups in total. The first-order chi connectivity index (χ1) is 11.1. The van der Waals surface area contributed by atoms with Crippen LogP contribution in [0.15, 0.2) is 35.9 Å². The Morgan fingerprint density at radius 2 is 1.87 bits per heavy atom. The van der Waals surface area contributed by atoms with Crippen molar-refractivity contribution in [1.82, 2.24) is 0 Å². The smallest absolute Gasteiger partial charge is 0.234 e. The highest BCUT2D eigenvalue weighted by molar-refractivity contribution is 6.54. The molecule has 1 aliphatic carbocycles. The fourth-order valence-electron chi connectivity index (χ4n) is 3.61. The lowest BCUT2D eigenvalue weighted by Gasteiger charge is -2.23. The van der Waals surface area contributed by atoms with Gasteiger partial charge in [-0.2, -0.15) is 0 Å². The summed E-state index contributed by atoms with van der Waals surface area (Å²) in [5.41, 5.74) is 2.88. The van der Waals surface area contributed by atoms with E-state index in [1.54, 1.807) is 0 Å². The van der Waals surface area contributed by atoms with Gasteiger partial charge in [0, 0.05) is 16.7 Å². The molecule has 0 saturated carbocycles. The van der Waals surface area contributed by atoms with Crippen LogP contribution in [0.3, 0.4) is 0 Å². The van der Waals surface area contributed by atoms with E-state index in [1.807, 2.05) is 31.2 Å². The minimum atomic E-state index is -0.392. The van der Waals surface area contributed by atoms with Gasteiger partial charge in [0.25, 0.3) is 0 Å². The molecule has 4 rings (SSSR count). The number of ether oxygens (including phenoxy) is 1. The van der Waals surface area contributed by atoms with Crippen LogP contribution < -0.4 is 0 Å². The number of carbonyl (C=O) groups is 2. The summed E-state index contributed by atoms with van der Waals surface area (Å²) in [5, 5.41) is 1.81. The van der Waals surface area contributed by atoms with E-state index in [9.17, 15) is 9.59 Å². The van der Waals surface area contributed by atoms with Gasteiger partial charge in [0.1, 0.15) is 5.76 Å². The van der Waals surface area contributed by atoms with E-state index >= 15 is 0 Å². The molecule has 0 fully saturated rings. The summed E-state index contributed by atoms with van der Waals surface area (Å²) >= 11 is 0. The summed E-state index contributed by atoms with van der Waals surface area (Å²) < 4.78 is 6.00. The maximum Gasteiger partial charge on any atom is 0.234 e. The monoisotopic (exact) mass is 306 g/mol. The Hall–Kier alpha value is -2.42.